The van der Waals surface area contributed by atoms with Crippen LogP contribution in [-0.2, 0) is 23.7 Å². The lowest BCUT2D eigenvalue weighted by atomic mass is 9.97. The Bertz CT molecular complexity index is 1590. The number of aliphatic hydroxyl groups excluding tert-OH is 8. The van der Waals surface area contributed by atoms with E-state index in [0.29, 0.717) is 6.42 Å². The molecule has 2 aliphatic rings. The van der Waals surface area contributed by atoms with E-state index in [1.54, 1.807) is 6.08 Å². The Hall–Kier alpha value is -1.53. The maximum Gasteiger partial charge on any atom is 0.220 e. The largest absolute Gasteiger partial charge is 0.394 e. The van der Waals surface area contributed by atoms with Crippen molar-refractivity contribution in [3.63, 3.8) is 0 Å². The monoisotopic (exact) mass is 1270 g/mol. The minimum absolute atomic E-state index is 0.231. The van der Waals surface area contributed by atoms with Gasteiger partial charge in [0.25, 0.3) is 0 Å². The molecular formula is C75H143NO13. The van der Waals surface area contributed by atoms with Crippen LogP contribution in [-0.4, -0.2) is 140 Å². The molecule has 2 aliphatic heterocycles. The molecule has 2 fully saturated rings. The van der Waals surface area contributed by atoms with E-state index in [2.05, 4.69) is 31.3 Å². The van der Waals surface area contributed by atoms with Crippen molar-refractivity contribution in [2.75, 3.05) is 19.8 Å². The molecule has 9 N–H and O–H groups in total. The van der Waals surface area contributed by atoms with Crippen molar-refractivity contribution in [2.24, 2.45) is 0 Å². The fourth-order valence-electron chi connectivity index (χ4n) is 12.8. The van der Waals surface area contributed by atoms with E-state index in [1.807, 2.05) is 6.08 Å². The van der Waals surface area contributed by atoms with E-state index in [1.165, 1.54) is 289 Å². The van der Waals surface area contributed by atoms with Crippen molar-refractivity contribution in [1.29, 1.82) is 0 Å². The minimum atomic E-state index is -1.79. The summed E-state index contributed by atoms with van der Waals surface area (Å²) in [4.78, 5) is 13.4. The highest BCUT2D eigenvalue weighted by molar-refractivity contribution is 5.76. The van der Waals surface area contributed by atoms with Gasteiger partial charge in [0, 0.05) is 6.42 Å². The number of unbranched alkanes of at least 4 members (excludes halogenated alkanes) is 49. The first-order valence-electron chi connectivity index (χ1n) is 38.1. The van der Waals surface area contributed by atoms with Crippen molar-refractivity contribution in [2.45, 2.75) is 428 Å². The summed E-state index contributed by atoms with van der Waals surface area (Å²) < 4.78 is 22.9. The summed E-state index contributed by atoms with van der Waals surface area (Å²) in [5, 5.41) is 87.6. The fourth-order valence-corrected chi connectivity index (χ4v) is 12.8. The topological polar surface area (TPSA) is 228 Å². The highest BCUT2D eigenvalue weighted by Gasteiger charge is 2.51. The summed E-state index contributed by atoms with van der Waals surface area (Å²) in [5.74, 6) is -0.231. The quantitative estimate of drug-likeness (QED) is 0.0204. The van der Waals surface area contributed by atoms with Crippen molar-refractivity contribution in [3.05, 3.63) is 24.3 Å². The van der Waals surface area contributed by atoms with E-state index >= 15 is 0 Å². The average molecular weight is 1270 g/mol. The van der Waals surface area contributed by atoms with Gasteiger partial charge in [-0.15, -0.1) is 0 Å². The Morgan fingerprint density at radius 3 is 1.07 bits per heavy atom. The highest BCUT2D eigenvalue weighted by Crippen LogP contribution is 2.30. The third kappa shape index (κ3) is 44.0. The van der Waals surface area contributed by atoms with Gasteiger partial charge in [-0.25, -0.2) is 0 Å². The number of amides is 1. The highest BCUT2D eigenvalue weighted by atomic mass is 16.7. The van der Waals surface area contributed by atoms with Crippen LogP contribution < -0.4 is 5.32 Å². The van der Waals surface area contributed by atoms with E-state index < -0.39 is 86.8 Å². The van der Waals surface area contributed by atoms with Crippen LogP contribution in [0.25, 0.3) is 0 Å². The Labute approximate surface area is 545 Å². The molecule has 2 heterocycles. The zero-order valence-corrected chi connectivity index (χ0v) is 57.5. The number of carbonyl (C=O) groups is 1. The molecule has 12 unspecified atom stereocenters. The van der Waals surface area contributed by atoms with Crippen LogP contribution in [0.2, 0.25) is 0 Å². The van der Waals surface area contributed by atoms with Crippen molar-refractivity contribution in [3.8, 4) is 0 Å². The summed E-state index contributed by atoms with van der Waals surface area (Å²) in [6.45, 7) is 2.86. The maximum atomic E-state index is 13.4. The van der Waals surface area contributed by atoms with Crippen LogP contribution in [0.15, 0.2) is 24.3 Å². The molecule has 0 bridgehead atoms. The molecule has 2 saturated heterocycles. The zero-order valence-electron chi connectivity index (χ0n) is 57.5. The molecule has 0 radical (unpaired) electrons. The predicted molar refractivity (Wildman–Crippen MR) is 365 cm³/mol. The van der Waals surface area contributed by atoms with Gasteiger partial charge in [0.2, 0.25) is 5.91 Å². The lowest BCUT2D eigenvalue weighted by Gasteiger charge is -2.46. The number of ether oxygens (including phenoxy) is 4. The van der Waals surface area contributed by atoms with E-state index in [9.17, 15) is 45.6 Å². The normalized spacial score (nSPS) is 23.1. The Morgan fingerprint density at radius 1 is 0.393 bits per heavy atom. The van der Waals surface area contributed by atoms with E-state index in [-0.39, 0.29) is 18.9 Å². The van der Waals surface area contributed by atoms with Gasteiger partial charge in [-0.05, 0) is 44.9 Å². The lowest BCUT2D eigenvalue weighted by molar-refractivity contribution is -0.359. The van der Waals surface area contributed by atoms with Crippen molar-refractivity contribution >= 4 is 5.91 Å². The Morgan fingerprint density at radius 2 is 0.708 bits per heavy atom. The van der Waals surface area contributed by atoms with Gasteiger partial charge >= 0.3 is 0 Å². The summed E-state index contributed by atoms with van der Waals surface area (Å²) in [6, 6.07) is -0.913. The van der Waals surface area contributed by atoms with Crippen LogP contribution in [0.4, 0.5) is 0 Å². The Balaban J connectivity index is 1.62. The summed E-state index contributed by atoms with van der Waals surface area (Å²) in [6.07, 6.45) is 59.6. The van der Waals surface area contributed by atoms with Crippen LogP contribution in [0, 0.1) is 0 Å². The molecule has 526 valence electrons. The number of hydrogen-bond donors (Lipinski definition) is 9. The molecule has 2 rings (SSSR count). The van der Waals surface area contributed by atoms with Gasteiger partial charge in [-0.1, -0.05) is 327 Å². The Kier molecular flexibility index (Phi) is 56.5. The number of hydrogen-bond acceptors (Lipinski definition) is 13. The smallest absolute Gasteiger partial charge is 0.220 e. The van der Waals surface area contributed by atoms with Gasteiger partial charge in [-0.3, -0.25) is 4.79 Å². The maximum absolute atomic E-state index is 13.4. The SMILES string of the molecule is CCCCCCCCCC/C=C\CCCCCCCCCCCCCCCCCCCCCCCC(=O)NC(COC1OC(CO)C(OC2OC(CO)C(O)C(O)C2O)C(O)C1O)C(O)/C=C/CCCCCCCCCCCCCCCCCCCCCC. The van der Waals surface area contributed by atoms with Gasteiger partial charge in [0.1, 0.15) is 48.8 Å². The average Bonchev–Trinajstić information content (AvgIpc) is 2.75. The molecule has 89 heavy (non-hydrogen) atoms. The summed E-state index contributed by atoms with van der Waals surface area (Å²) >= 11 is 0. The third-order valence-corrected chi connectivity index (χ3v) is 18.9. The molecule has 0 spiro atoms. The standard InChI is InChI=1S/C75H143NO13/c1-3-5-7-9-11-13-15-17-19-21-23-25-27-28-29-30-31-32-33-34-35-36-37-39-41-43-45-47-49-51-53-55-57-59-67(80)76-63(62-86-74-72(85)70(83)73(66(61-78)88-74)89-75-71(84)69(82)68(81)65(60-77)87-75)64(79)58-56-54-52-50-48-46-44-42-40-38-26-24-22-20-18-16-14-12-10-8-6-4-2/h21,23,56,58,63-66,68-75,77-79,81-85H,3-20,22,24-55,57,59-62H2,1-2H3,(H,76,80)/b23-21-,58-56+. The fraction of sp³-hybridized carbons (Fsp3) is 0.933. The van der Waals surface area contributed by atoms with Crippen molar-refractivity contribution < 1.29 is 64.6 Å². The molecule has 0 aromatic heterocycles. The van der Waals surface area contributed by atoms with Gasteiger partial charge in [0.05, 0.1) is 32.0 Å². The van der Waals surface area contributed by atoms with E-state index in [0.717, 1.165) is 38.5 Å². The molecule has 0 aromatic rings. The molecule has 0 aliphatic carbocycles. The van der Waals surface area contributed by atoms with E-state index in [4.69, 9.17) is 18.9 Å². The third-order valence-electron chi connectivity index (χ3n) is 18.9. The number of aliphatic hydroxyl groups is 8. The predicted octanol–water partition coefficient (Wildman–Crippen LogP) is 16.3. The number of carbonyl (C=O) groups excluding carboxylic acids is 1. The lowest BCUT2D eigenvalue weighted by Crippen LogP contribution is -2.65. The first-order valence-corrected chi connectivity index (χ1v) is 38.1. The minimum Gasteiger partial charge on any atom is -0.394 e. The van der Waals surface area contributed by atoms with Gasteiger partial charge in [0.15, 0.2) is 12.6 Å². The number of allylic oxidation sites excluding steroid dienone is 3. The van der Waals surface area contributed by atoms with Crippen LogP contribution in [0.3, 0.4) is 0 Å². The zero-order chi connectivity index (χ0) is 64.5. The summed E-state index contributed by atoms with van der Waals surface area (Å²) in [7, 11) is 0. The molecule has 1 amide bonds. The van der Waals surface area contributed by atoms with Crippen LogP contribution in [0.5, 0.6) is 0 Å². The molecule has 14 heteroatoms. The molecule has 0 aromatic carbocycles. The summed E-state index contributed by atoms with van der Waals surface area (Å²) in [5.41, 5.74) is 0. The first kappa shape index (κ1) is 83.6. The second-order valence-electron chi connectivity index (χ2n) is 27.1. The van der Waals surface area contributed by atoms with Gasteiger partial charge < -0.3 is 65.1 Å². The second-order valence-corrected chi connectivity index (χ2v) is 27.1. The first-order chi connectivity index (χ1) is 43.6. The molecule has 12 atom stereocenters. The number of nitrogens with one attached hydrogen (secondary N) is 1. The molecular weight excluding hydrogens is 1120 g/mol. The molecule has 14 nitrogen and oxygen atoms in total. The van der Waals surface area contributed by atoms with Crippen molar-refractivity contribution in [1.82, 2.24) is 5.32 Å². The van der Waals surface area contributed by atoms with Gasteiger partial charge in [-0.2, -0.15) is 0 Å². The second kappa shape index (κ2) is 60.2. The number of rotatable bonds is 64. The van der Waals surface area contributed by atoms with Crippen LogP contribution in [0.1, 0.15) is 354 Å². The molecule has 0 saturated carbocycles. The van der Waals surface area contributed by atoms with Crippen LogP contribution >= 0.6 is 0 Å².